The number of fused-ring (bicyclic) bond motifs is 2. The molecule has 78 valence electrons. The van der Waals surface area contributed by atoms with Gasteiger partial charge in [-0.3, -0.25) is 4.79 Å². The number of ether oxygens (including phenoxy) is 1. The second-order valence-corrected chi connectivity index (χ2v) is 4.98. The summed E-state index contributed by atoms with van der Waals surface area (Å²) in [5.74, 6) is 0.852. The van der Waals surface area contributed by atoms with Gasteiger partial charge in [-0.05, 0) is 30.5 Å². The molecule has 3 rings (SSSR count). The van der Waals surface area contributed by atoms with E-state index in [-0.39, 0.29) is 11.3 Å². The zero-order valence-corrected chi connectivity index (χ0v) is 9.85. The van der Waals surface area contributed by atoms with Crippen LogP contribution in [0.15, 0.2) is 16.6 Å². The minimum atomic E-state index is -0.244. The van der Waals surface area contributed by atoms with Crippen LogP contribution in [0.2, 0.25) is 0 Å². The number of halogens is 1. The molecule has 0 aromatic heterocycles. The Morgan fingerprint density at radius 2 is 2.20 bits per heavy atom. The lowest BCUT2D eigenvalue weighted by Crippen LogP contribution is -2.18. The summed E-state index contributed by atoms with van der Waals surface area (Å²) in [5, 5.41) is 2.91. The highest BCUT2D eigenvalue weighted by Gasteiger charge is 2.57. The van der Waals surface area contributed by atoms with Crippen LogP contribution < -0.4 is 10.1 Å². The summed E-state index contributed by atoms with van der Waals surface area (Å²) in [5.41, 5.74) is 1.69. The maximum Gasteiger partial charge on any atom is 0.235 e. The average molecular weight is 268 g/mol. The first-order valence-corrected chi connectivity index (χ1v) is 5.66. The molecule has 0 radical (unpaired) electrons. The van der Waals surface area contributed by atoms with Crippen molar-refractivity contribution < 1.29 is 9.53 Å². The highest BCUT2D eigenvalue weighted by Crippen LogP contribution is 2.57. The van der Waals surface area contributed by atoms with Crippen molar-refractivity contribution in [2.75, 3.05) is 12.4 Å². The first-order valence-electron chi connectivity index (χ1n) is 4.87. The minimum absolute atomic E-state index is 0.119. The van der Waals surface area contributed by atoms with Gasteiger partial charge < -0.3 is 10.1 Å². The Balaban J connectivity index is 2.24. The molecule has 1 aliphatic carbocycles. The lowest BCUT2D eigenvalue weighted by Gasteiger charge is -2.08. The van der Waals surface area contributed by atoms with Gasteiger partial charge in [0.2, 0.25) is 5.91 Å². The van der Waals surface area contributed by atoms with Crippen LogP contribution in [0, 0.1) is 0 Å². The summed E-state index contributed by atoms with van der Waals surface area (Å²) in [6.07, 6.45) is 1.90. The van der Waals surface area contributed by atoms with Gasteiger partial charge in [0.05, 0.1) is 18.2 Å². The first-order chi connectivity index (χ1) is 7.17. The molecule has 1 aromatic carbocycles. The lowest BCUT2D eigenvalue weighted by molar-refractivity contribution is -0.117. The van der Waals surface area contributed by atoms with Gasteiger partial charge in [-0.1, -0.05) is 15.9 Å². The predicted octanol–water partition coefficient (Wildman–Crippen LogP) is 2.44. The Bertz CT molecular complexity index is 466. The Labute approximate surface area is 95.9 Å². The lowest BCUT2D eigenvalue weighted by atomic mass is 9.98. The highest BCUT2D eigenvalue weighted by molar-refractivity contribution is 9.10. The smallest absolute Gasteiger partial charge is 0.235 e. The van der Waals surface area contributed by atoms with E-state index in [0.717, 1.165) is 34.3 Å². The molecule has 1 amide bonds. The molecule has 1 N–H and O–H groups in total. The minimum Gasteiger partial charge on any atom is -0.495 e. The molecule has 1 fully saturated rings. The molecule has 1 aliphatic heterocycles. The quantitative estimate of drug-likeness (QED) is 0.849. The van der Waals surface area contributed by atoms with Gasteiger partial charge >= 0.3 is 0 Å². The number of methoxy groups -OCH3 is 1. The third-order valence-electron chi connectivity index (χ3n) is 3.23. The molecule has 3 nitrogen and oxygen atoms in total. The van der Waals surface area contributed by atoms with E-state index in [1.807, 2.05) is 12.1 Å². The number of amides is 1. The van der Waals surface area contributed by atoms with E-state index in [2.05, 4.69) is 21.2 Å². The molecular weight excluding hydrogens is 258 g/mol. The molecule has 15 heavy (non-hydrogen) atoms. The van der Waals surface area contributed by atoms with Crippen LogP contribution in [0.5, 0.6) is 5.75 Å². The van der Waals surface area contributed by atoms with E-state index < -0.39 is 0 Å². The summed E-state index contributed by atoms with van der Waals surface area (Å²) >= 11 is 3.44. The monoisotopic (exact) mass is 267 g/mol. The first kappa shape index (κ1) is 9.21. The number of nitrogens with one attached hydrogen (secondary N) is 1. The van der Waals surface area contributed by atoms with E-state index in [0.29, 0.717) is 0 Å². The molecule has 0 atom stereocenters. The Morgan fingerprint density at radius 1 is 1.47 bits per heavy atom. The normalized spacial score (nSPS) is 20.0. The molecule has 0 bridgehead atoms. The fourth-order valence-electron chi connectivity index (χ4n) is 2.23. The highest BCUT2D eigenvalue weighted by atomic mass is 79.9. The molecule has 1 saturated carbocycles. The third-order valence-corrected chi connectivity index (χ3v) is 3.68. The maximum absolute atomic E-state index is 11.8. The number of anilines is 1. The number of hydrogen-bond donors (Lipinski definition) is 1. The van der Waals surface area contributed by atoms with E-state index in [4.69, 9.17) is 4.74 Å². The fourth-order valence-corrected chi connectivity index (χ4v) is 2.66. The number of benzene rings is 1. The predicted molar refractivity (Wildman–Crippen MR) is 60.2 cm³/mol. The topological polar surface area (TPSA) is 38.3 Å². The van der Waals surface area contributed by atoms with Gasteiger partial charge in [-0.15, -0.1) is 0 Å². The van der Waals surface area contributed by atoms with Gasteiger partial charge in [-0.25, -0.2) is 0 Å². The van der Waals surface area contributed by atoms with Crippen LogP contribution in [0.4, 0.5) is 5.69 Å². The van der Waals surface area contributed by atoms with Crippen molar-refractivity contribution in [1.82, 2.24) is 0 Å². The van der Waals surface area contributed by atoms with Gasteiger partial charge in [0.1, 0.15) is 5.75 Å². The number of carbonyl (C=O) groups is 1. The molecular formula is C11H10BrNO2. The number of hydrogen-bond acceptors (Lipinski definition) is 2. The Hall–Kier alpha value is -1.03. The summed E-state index contributed by atoms with van der Waals surface area (Å²) in [7, 11) is 1.62. The van der Waals surface area contributed by atoms with Crippen LogP contribution in [0.3, 0.4) is 0 Å². The van der Waals surface area contributed by atoms with Crippen molar-refractivity contribution in [3.8, 4) is 5.75 Å². The van der Waals surface area contributed by atoms with Crippen molar-refractivity contribution in [1.29, 1.82) is 0 Å². The standard InChI is InChI=1S/C11H10BrNO2/c1-15-8-5-6(12)4-7-9(8)13-10(14)11(7)2-3-11/h4-5H,2-3H2,1H3,(H,13,14). The van der Waals surface area contributed by atoms with E-state index >= 15 is 0 Å². The van der Waals surface area contributed by atoms with Crippen molar-refractivity contribution in [2.24, 2.45) is 0 Å². The number of carbonyl (C=O) groups excluding carboxylic acids is 1. The van der Waals surface area contributed by atoms with Crippen LogP contribution in [0.25, 0.3) is 0 Å². The summed E-state index contributed by atoms with van der Waals surface area (Å²) in [6.45, 7) is 0. The van der Waals surface area contributed by atoms with E-state index in [9.17, 15) is 4.79 Å². The van der Waals surface area contributed by atoms with Crippen LogP contribution in [-0.2, 0) is 10.2 Å². The SMILES string of the molecule is COc1cc(Br)cc2c1NC(=O)C21CC1. The fraction of sp³-hybridized carbons (Fsp3) is 0.364. The van der Waals surface area contributed by atoms with Gasteiger partial charge in [0, 0.05) is 4.47 Å². The Morgan fingerprint density at radius 3 is 2.80 bits per heavy atom. The van der Waals surface area contributed by atoms with Gasteiger partial charge in [0.15, 0.2) is 0 Å². The van der Waals surface area contributed by atoms with Crippen molar-refractivity contribution in [3.63, 3.8) is 0 Å². The molecule has 0 saturated heterocycles. The molecule has 2 aliphatic rings. The van der Waals surface area contributed by atoms with Crippen LogP contribution >= 0.6 is 15.9 Å². The van der Waals surface area contributed by atoms with Crippen molar-refractivity contribution in [2.45, 2.75) is 18.3 Å². The number of rotatable bonds is 1. The average Bonchev–Trinajstić information content (AvgIpc) is 2.95. The maximum atomic E-state index is 11.8. The van der Waals surface area contributed by atoms with Gasteiger partial charge in [-0.2, -0.15) is 0 Å². The zero-order valence-electron chi connectivity index (χ0n) is 8.26. The molecule has 0 unspecified atom stereocenters. The molecule has 1 heterocycles. The van der Waals surface area contributed by atoms with Gasteiger partial charge in [0.25, 0.3) is 0 Å². The second-order valence-electron chi connectivity index (χ2n) is 4.07. The Kier molecular flexibility index (Phi) is 1.69. The largest absolute Gasteiger partial charge is 0.495 e. The second kappa shape index (κ2) is 2.76. The zero-order chi connectivity index (χ0) is 10.6. The molecule has 1 aromatic rings. The van der Waals surface area contributed by atoms with Crippen molar-refractivity contribution >= 4 is 27.5 Å². The summed E-state index contributed by atoms with van der Waals surface area (Å²) in [4.78, 5) is 11.8. The van der Waals surface area contributed by atoms with E-state index in [1.165, 1.54) is 0 Å². The van der Waals surface area contributed by atoms with E-state index in [1.54, 1.807) is 7.11 Å². The molecule has 1 spiro atoms. The summed E-state index contributed by atoms with van der Waals surface area (Å²) < 4.78 is 6.22. The van der Waals surface area contributed by atoms with Crippen molar-refractivity contribution in [3.05, 3.63) is 22.2 Å². The van der Waals surface area contributed by atoms with Crippen LogP contribution in [0.1, 0.15) is 18.4 Å². The van der Waals surface area contributed by atoms with Crippen LogP contribution in [-0.4, -0.2) is 13.0 Å². The summed E-state index contributed by atoms with van der Waals surface area (Å²) in [6, 6.07) is 3.89. The third kappa shape index (κ3) is 1.08. The molecule has 4 heteroatoms.